The van der Waals surface area contributed by atoms with Crippen molar-refractivity contribution in [3.63, 3.8) is 0 Å². The highest BCUT2D eigenvalue weighted by Crippen LogP contribution is 2.22. The van der Waals surface area contributed by atoms with E-state index in [0.29, 0.717) is 0 Å². The average Bonchev–Trinajstić information content (AvgIpc) is 2.70. The minimum absolute atomic E-state index is 0.857. The van der Waals surface area contributed by atoms with E-state index < -0.39 is 0 Å². The summed E-state index contributed by atoms with van der Waals surface area (Å²) < 4.78 is 7.30. The molecule has 2 rings (SSSR count). The van der Waals surface area contributed by atoms with E-state index in [4.69, 9.17) is 4.74 Å². The van der Waals surface area contributed by atoms with Crippen molar-refractivity contribution in [2.45, 2.75) is 58.8 Å². The average molecular weight is 304 g/mol. The maximum Gasteiger partial charge on any atom is 0.125 e. The summed E-state index contributed by atoms with van der Waals surface area (Å²) in [5.74, 6) is 1.09. The molecule has 0 radical (unpaired) electrons. The van der Waals surface area contributed by atoms with Crippen LogP contribution in [0.1, 0.15) is 56.1 Å². The van der Waals surface area contributed by atoms with Gasteiger partial charge in [-0.25, -0.2) is 0 Å². The predicted molar refractivity (Wildman–Crippen MR) is 94.5 cm³/mol. The summed E-state index contributed by atoms with van der Waals surface area (Å²) in [7, 11) is 2.46. The molecule has 0 aliphatic carbocycles. The van der Waals surface area contributed by atoms with Gasteiger partial charge in [-0.2, -0.15) is 0 Å². The zero-order valence-corrected chi connectivity index (χ0v) is 14.9. The van der Waals surface area contributed by atoms with Crippen molar-refractivity contribution in [2.75, 3.05) is 33.3 Å². The van der Waals surface area contributed by atoms with E-state index in [2.05, 4.69) is 39.1 Å². The second kappa shape index (κ2) is 8.57. The molecule has 1 aromatic rings. The molecule has 0 unspecified atom stereocenters. The quantitative estimate of drug-likeness (QED) is 0.515. The van der Waals surface area contributed by atoms with E-state index in [1.165, 1.54) is 80.2 Å². The number of hydrogen-bond donors (Lipinski definition) is 0. The zero-order chi connectivity index (χ0) is 15.8. The number of quaternary nitrogens is 1. The van der Waals surface area contributed by atoms with Gasteiger partial charge in [-0.3, -0.25) is 0 Å². The maximum absolute atomic E-state index is 6.00. The molecule has 2 nitrogen and oxygen atoms in total. The highest BCUT2D eigenvalue weighted by atomic mass is 16.5. The minimum Gasteiger partial charge on any atom is -0.493 e. The monoisotopic (exact) mass is 304 g/mol. The molecule has 2 heteroatoms. The van der Waals surface area contributed by atoms with Crippen molar-refractivity contribution in [2.24, 2.45) is 0 Å². The molecule has 0 spiro atoms. The summed E-state index contributed by atoms with van der Waals surface area (Å²) in [5.41, 5.74) is 2.50. The van der Waals surface area contributed by atoms with Crippen LogP contribution in [0.4, 0.5) is 0 Å². The first kappa shape index (κ1) is 17.3. The Morgan fingerprint density at radius 3 is 2.18 bits per heavy atom. The molecule has 22 heavy (non-hydrogen) atoms. The second-order valence-electron chi connectivity index (χ2n) is 7.33. The van der Waals surface area contributed by atoms with Crippen molar-refractivity contribution < 1.29 is 9.22 Å². The van der Waals surface area contributed by atoms with E-state index in [0.717, 1.165) is 12.4 Å². The lowest BCUT2D eigenvalue weighted by molar-refractivity contribution is -0.909. The van der Waals surface area contributed by atoms with Crippen molar-refractivity contribution in [1.82, 2.24) is 0 Å². The van der Waals surface area contributed by atoms with Crippen LogP contribution in [0.25, 0.3) is 0 Å². The molecule has 1 aliphatic heterocycles. The first-order chi connectivity index (χ1) is 10.6. The van der Waals surface area contributed by atoms with Crippen LogP contribution in [-0.2, 0) is 0 Å². The number of para-hydroxylation sites is 1. The van der Waals surface area contributed by atoms with Gasteiger partial charge in [0.1, 0.15) is 5.75 Å². The molecule has 0 bridgehead atoms. The number of likely N-dealkylation sites (tertiary alicyclic amines) is 1. The van der Waals surface area contributed by atoms with Gasteiger partial charge in [0.2, 0.25) is 0 Å². The fourth-order valence-corrected chi connectivity index (χ4v) is 3.65. The zero-order valence-electron chi connectivity index (χ0n) is 14.9. The third kappa shape index (κ3) is 5.31. The molecule has 124 valence electrons. The molecular formula is C20H34NO+. The smallest absolute Gasteiger partial charge is 0.125 e. The summed E-state index contributed by atoms with van der Waals surface area (Å²) in [5, 5.41) is 0. The van der Waals surface area contributed by atoms with Gasteiger partial charge in [-0.05, 0) is 69.9 Å². The Labute approximate surface area is 137 Å². The number of benzene rings is 1. The number of aryl methyl sites for hydroxylation is 2. The van der Waals surface area contributed by atoms with Crippen LogP contribution >= 0.6 is 0 Å². The van der Waals surface area contributed by atoms with Crippen LogP contribution in [0.2, 0.25) is 0 Å². The predicted octanol–water partition coefficient (Wildman–Crippen LogP) is 4.87. The van der Waals surface area contributed by atoms with Crippen LogP contribution in [0, 0.1) is 13.8 Å². The van der Waals surface area contributed by atoms with Gasteiger partial charge in [0.05, 0.1) is 33.3 Å². The Morgan fingerprint density at radius 1 is 0.909 bits per heavy atom. The van der Waals surface area contributed by atoms with E-state index >= 15 is 0 Å². The lowest BCUT2D eigenvalue weighted by Gasteiger charge is -2.33. The number of unbranched alkanes of at least 4 members (excludes halogenated alkanes) is 2. The third-order valence-electron chi connectivity index (χ3n) is 5.14. The van der Waals surface area contributed by atoms with Gasteiger partial charge in [0.15, 0.2) is 0 Å². The summed E-state index contributed by atoms with van der Waals surface area (Å²) in [6.45, 7) is 9.25. The Hall–Kier alpha value is -1.02. The largest absolute Gasteiger partial charge is 0.493 e. The topological polar surface area (TPSA) is 9.23 Å². The van der Waals surface area contributed by atoms with E-state index in [1.807, 2.05) is 0 Å². The third-order valence-corrected chi connectivity index (χ3v) is 5.14. The molecule has 1 aliphatic rings. The highest BCUT2D eigenvalue weighted by molar-refractivity contribution is 5.39. The number of nitrogens with zero attached hydrogens (tertiary/aromatic N) is 1. The number of rotatable bonds is 7. The Kier molecular flexibility index (Phi) is 6.75. The Bertz CT molecular complexity index is 427. The Balaban J connectivity index is 1.63. The van der Waals surface area contributed by atoms with E-state index in [-0.39, 0.29) is 0 Å². The lowest BCUT2D eigenvalue weighted by atomic mass is 10.1. The van der Waals surface area contributed by atoms with Crippen molar-refractivity contribution in [3.05, 3.63) is 29.3 Å². The first-order valence-electron chi connectivity index (χ1n) is 9.13. The molecule has 0 amide bonds. The normalized spacial score (nSPS) is 18.0. The summed E-state index contributed by atoms with van der Waals surface area (Å²) in [4.78, 5) is 0. The van der Waals surface area contributed by atoms with E-state index in [9.17, 15) is 0 Å². The second-order valence-corrected chi connectivity index (χ2v) is 7.33. The van der Waals surface area contributed by atoms with Gasteiger partial charge >= 0.3 is 0 Å². The van der Waals surface area contributed by atoms with Crippen molar-refractivity contribution >= 4 is 0 Å². The molecule has 0 aromatic heterocycles. The van der Waals surface area contributed by atoms with Crippen LogP contribution in [0.3, 0.4) is 0 Å². The lowest BCUT2D eigenvalue weighted by Crippen LogP contribution is -2.45. The SMILES string of the molecule is Cc1cccc(C)c1OCCCCC[N+]1(C)CCCCCC1. The molecule has 1 heterocycles. The van der Waals surface area contributed by atoms with E-state index in [1.54, 1.807) is 0 Å². The number of hydrogen-bond acceptors (Lipinski definition) is 1. The van der Waals surface area contributed by atoms with Crippen LogP contribution in [-0.4, -0.2) is 37.8 Å². The van der Waals surface area contributed by atoms with Gasteiger partial charge in [-0.1, -0.05) is 18.2 Å². The van der Waals surface area contributed by atoms with Gasteiger partial charge < -0.3 is 9.22 Å². The van der Waals surface area contributed by atoms with Crippen LogP contribution in [0.5, 0.6) is 5.75 Å². The molecule has 1 fully saturated rings. The fraction of sp³-hybridized carbons (Fsp3) is 0.700. The van der Waals surface area contributed by atoms with Gasteiger partial charge in [0.25, 0.3) is 0 Å². The van der Waals surface area contributed by atoms with Crippen LogP contribution < -0.4 is 4.74 Å². The number of ether oxygens (including phenoxy) is 1. The first-order valence-corrected chi connectivity index (χ1v) is 9.13. The van der Waals surface area contributed by atoms with Gasteiger partial charge in [0, 0.05) is 0 Å². The molecule has 0 atom stereocenters. The standard InChI is InChI=1S/C20H34NO/c1-18-12-11-13-19(2)20(18)22-17-10-6-9-16-21(3)14-7-4-5-8-15-21/h11-13H,4-10,14-17H2,1-3H3/q+1. The summed E-state index contributed by atoms with van der Waals surface area (Å²) >= 11 is 0. The molecule has 1 saturated heterocycles. The molecule has 0 N–H and O–H groups in total. The van der Waals surface area contributed by atoms with Crippen LogP contribution in [0.15, 0.2) is 18.2 Å². The van der Waals surface area contributed by atoms with Gasteiger partial charge in [-0.15, -0.1) is 0 Å². The Morgan fingerprint density at radius 2 is 1.55 bits per heavy atom. The van der Waals surface area contributed by atoms with Crippen molar-refractivity contribution in [3.8, 4) is 5.75 Å². The van der Waals surface area contributed by atoms with Crippen molar-refractivity contribution in [1.29, 1.82) is 0 Å². The fourth-order valence-electron chi connectivity index (χ4n) is 3.65. The summed E-state index contributed by atoms with van der Waals surface area (Å²) in [6, 6.07) is 6.36. The highest BCUT2D eigenvalue weighted by Gasteiger charge is 2.22. The molecule has 1 aromatic carbocycles. The molecule has 0 saturated carbocycles. The maximum atomic E-state index is 6.00. The molecular weight excluding hydrogens is 270 g/mol. The minimum atomic E-state index is 0.857. The summed E-state index contributed by atoms with van der Waals surface area (Å²) in [6.07, 6.45) is 9.53.